The van der Waals surface area contributed by atoms with Crippen molar-refractivity contribution < 1.29 is 14.3 Å². The zero-order valence-corrected chi connectivity index (χ0v) is 9.75. The molecule has 2 aromatic rings. The Morgan fingerprint density at radius 2 is 2.11 bits per heavy atom. The summed E-state index contributed by atoms with van der Waals surface area (Å²) in [6.45, 7) is 1.94. The molecular formula is C12H12FN3O2. The van der Waals surface area contributed by atoms with Crippen molar-refractivity contribution in [1.29, 1.82) is 0 Å². The van der Waals surface area contributed by atoms with Crippen LogP contribution < -0.4 is 0 Å². The summed E-state index contributed by atoms with van der Waals surface area (Å²) in [6.07, 6.45) is 2.08. The Morgan fingerprint density at radius 3 is 2.61 bits per heavy atom. The Hall–Kier alpha value is -2.24. The van der Waals surface area contributed by atoms with Gasteiger partial charge in [-0.2, -0.15) is 0 Å². The second kappa shape index (κ2) is 4.95. The molecular weight excluding hydrogens is 237 g/mol. The average molecular weight is 249 g/mol. The van der Waals surface area contributed by atoms with Gasteiger partial charge >= 0.3 is 5.97 Å². The summed E-state index contributed by atoms with van der Waals surface area (Å²) in [5.41, 5.74) is 0.760. The van der Waals surface area contributed by atoms with Gasteiger partial charge in [-0.25, -0.2) is 13.9 Å². The van der Waals surface area contributed by atoms with E-state index in [0.717, 1.165) is 5.56 Å². The van der Waals surface area contributed by atoms with Crippen molar-refractivity contribution in [3.05, 3.63) is 47.5 Å². The highest BCUT2D eigenvalue weighted by atomic mass is 19.1. The van der Waals surface area contributed by atoms with Gasteiger partial charge in [0, 0.05) is 0 Å². The Bertz CT molecular complexity index is 551. The lowest BCUT2D eigenvalue weighted by Crippen LogP contribution is -2.10. The number of hydrogen-bond donors (Lipinski definition) is 1. The third-order valence-electron chi connectivity index (χ3n) is 2.69. The molecule has 1 aromatic heterocycles. The summed E-state index contributed by atoms with van der Waals surface area (Å²) < 4.78 is 14.3. The molecule has 0 amide bonds. The predicted octanol–water partition coefficient (Wildman–Crippen LogP) is 2.11. The van der Waals surface area contributed by atoms with Crippen LogP contribution in [-0.2, 0) is 0 Å². The Balaban J connectivity index is 2.32. The van der Waals surface area contributed by atoms with Crippen LogP contribution in [0.15, 0.2) is 30.5 Å². The molecule has 6 heteroatoms. The summed E-state index contributed by atoms with van der Waals surface area (Å²) in [4.78, 5) is 10.7. The van der Waals surface area contributed by atoms with Crippen LogP contribution in [0.25, 0.3) is 0 Å². The number of benzene rings is 1. The highest BCUT2D eigenvalue weighted by Crippen LogP contribution is 2.21. The Morgan fingerprint density at radius 1 is 1.44 bits per heavy atom. The van der Waals surface area contributed by atoms with Gasteiger partial charge in [0.15, 0.2) is 5.69 Å². The van der Waals surface area contributed by atoms with Gasteiger partial charge in [-0.15, -0.1) is 5.10 Å². The summed E-state index contributed by atoms with van der Waals surface area (Å²) in [5, 5.41) is 16.2. The minimum Gasteiger partial charge on any atom is -0.476 e. The van der Waals surface area contributed by atoms with Gasteiger partial charge in [0.25, 0.3) is 0 Å². The molecule has 0 saturated heterocycles. The minimum absolute atomic E-state index is 0.101. The van der Waals surface area contributed by atoms with E-state index in [-0.39, 0.29) is 17.6 Å². The van der Waals surface area contributed by atoms with Crippen LogP contribution in [0.2, 0.25) is 0 Å². The molecule has 5 nitrogen and oxygen atoms in total. The standard InChI is InChI=1S/C12H12FN3O2/c1-2-11(8-3-5-9(13)6-4-8)16-7-10(12(17)18)14-15-16/h3-7,11H,2H2,1H3,(H,17,18)/t11-/m0/s1. The van der Waals surface area contributed by atoms with Gasteiger partial charge in [0.2, 0.25) is 0 Å². The smallest absolute Gasteiger partial charge is 0.358 e. The molecule has 94 valence electrons. The first-order chi connectivity index (χ1) is 8.61. The topological polar surface area (TPSA) is 68.0 Å². The molecule has 0 fully saturated rings. The maximum atomic E-state index is 12.9. The second-order valence-electron chi connectivity index (χ2n) is 3.86. The monoisotopic (exact) mass is 249 g/mol. The number of hydrogen-bond acceptors (Lipinski definition) is 3. The predicted molar refractivity (Wildman–Crippen MR) is 61.8 cm³/mol. The van der Waals surface area contributed by atoms with E-state index in [1.165, 1.54) is 23.0 Å². The summed E-state index contributed by atoms with van der Waals surface area (Å²) in [7, 11) is 0. The third kappa shape index (κ3) is 2.37. The molecule has 0 radical (unpaired) electrons. The van der Waals surface area contributed by atoms with E-state index in [0.29, 0.717) is 6.42 Å². The molecule has 1 atom stereocenters. The molecule has 0 unspecified atom stereocenters. The highest BCUT2D eigenvalue weighted by molar-refractivity contribution is 5.84. The first kappa shape index (κ1) is 12.2. The van der Waals surface area contributed by atoms with Crippen molar-refractivity contribution in [1.82, 2.24) is 15.0 Å². The van der Waals surface area contributed by atoms with Crippen molar-refractivity contribution >= 4 is 5.97 Å². The number of carboxylic acid groups (broad SMARTS) is 1. The first-order valence-electron chi connectivity index (χ1n) is 5.52. The summed E-state index contributed by atoms with van der Waals surface area (Å²) in [6, 6.07) is 5.91. The van der Waals surface area contributed by atoms with Crippen LogP contribution in [0.4, 0.5) is 4.39 Å². The van der Waals surface area contributed by atoms with Gasteiger partial charge in [-0.1, -0.05) is 24.3 Å². The SMILES string of the molecule is CC[C@@H](c1ccc(F)cc1)n1cc(C(=O)O)nn1. The molecule has 0 aliphatic rings. The molecule has 2 rings (SSSR count). The van der Waals surface area contributed by atoms with E-state index in [1.54, 1.807) is 12.1 Å². The number of carboxylic acids is 1. The fourth-order valence-electron chi connectivity index (χ4n) is 1.79. The number of rotatable bonds is 4. The van der Waals surface area contributed by atoms with Crippen LogP contribution in [0.1, 0.15) is 35.4 Å². The molecule has 0 aliphatic heterocycles. The van der Waals surface area contributed by atoms with Crippen molar-refractivity contribution in [2.45, 2.75) is 19.4 Å². The number of halogens is 1. The Kier molecular flexibility index (Phi) is 3.36. The first-order valence-corrected chi connectivity index (χ1v) is 5.52. The normalized spacial score (nSPS) is 12.3. The number of carbonyl (C=O) groups is 1. The third-order valence-corrected chi connectivity index (χ3v) is 2.69. The molecule has 1 N–H and O–H groups in total. The number of aromatic carboxylic acids is 1. The average Bonchev–Trinajstić information content (AvgIpc) is 2.82. The number of nitrogens with zero attached hydrogens (tertiary/aromatic N) is 3. The second-order valence-corrected chi connectivity index (χ2v) is 3.86. The molecule has 0 bridgehead atoms. The van der Waals surface area contributed by atoms with Crippen LogP contribution in [0.5, 0.6) is 0 Å². The molecule has 1 aromatic carbocycles. The zero-order chi connectivity index (χ0) is 13.1. The van der Waals surface area contributed by atoms with E-state index in [2.05, 4.69) is 10.3 Å². The van der Waals surface area contributed by atoms with E-state index in [1.807, 2.05) is 6.92 Å². The molecule has 1 heterocycles. The maximum Gasteiger partial charge on any atom is 0.358 e. The molecule has 0 saturated carbocycles. The van der Waals surface area contributed by atoms with Crippen LogP contribution in [0.3, 0.4) is 0 Å². The summed E-state index contributed by atoms with van der Waals surface area (Å²) >= 11 is 0. The van der Waals surface area contributed by atoms with Crippen molar-refractivity contribution in [3.63, 3.8) is 0 Å². The molecule has 18 heavy (non-hydrogen) atoms. The van der Waals surface area contributed by atoms with Crippen LogP contribution >= 0.6 is 0 Å². The van der Waals surface area contributed by atoms with E-state index in [9.17, 15) is 9.18 Å². The largest absolute Gasteiger partial charge is 0.476 e. The van der Waals surface area contributed by atoms with Gasteiger partial charge in [0.1, 0.15) is 5.82 Å². The van der Waals surface area contributed by atoms with Gasteiger partial charge in [-0.05, 0) is 24.1 Å². The lowest BCUT2D eigenvalue weighted by molar-refractivity contribution is 0.0690. The Labute approximate surface area is 103 Å². The van der Waals surface area contributed by atoms with E-state index >= 15 is 0 Å². The lowest BCUT2D eigenvalue weighted by Gasteiger charge is -2.14. The van der Waals surface area contributed by atoms with Gasteiger partial charge in [0.05, 0.1) is 12.2 Å². The van der Waals surface area contributed by atoms with Crippen LogP contribution in [0, 0.1) is 5.82 Å². The van der Waals surface area contributed by atoms with E-state index < -0.39 is 5.97 Å². The van der Waals surface area contributed by atoms with Crippen LogP contribution in [-0.4, -0.2) is 26.1 Å². The maximum absolute atomic E-state index is 12.9. The minimum atomic E-state index is -1.12. The molecule has 0 spiro atoms. The van der Waals surface area contributed by atoms with Crippen molar-refractivity contribution in [2.75, 3.05) is 0 Å². The molecule has 0 aliphatic carbocycles. The van der Waals surface area contributed by atoms with E-state index in [4.69, 9.17) is 5.11 Å². The van der Waals surface area contributed by atoms with Gasteiger partial charge < -0.3 is 5.11 Å². The quantitative estimate of drug-likeness (QED) is 0.901. The zero-order valence-electron chi connectivity index (χ0n) is 9.75. The fourth-order valence-corrected chi connectivity index (χ4v) is 1.79. The summed E-state index contributed by atoms with van der Waals surface area (Å²) in [5.74, 6) is -1.42. The lowest BCUT2D eigenvalue weighted by atomic mass is 10.1. The number of aromatic nitrogens is 3. The fraction of sp³-hybridized carbons (Fsp3) is 0.250. The van der Waals surface area contributed by atoms with Gasteiger partial charge in [-0.3, -0.25) is 0 Å². The highest BCUT2D eigenvalue weighted by Gasteiger charge is 2.16. The van der Waals surface area contributed by atoms with Crippen molar-refractivity contribution in [2.24, 2.45) is 0 Å². The van der Waals surface area contributed by atoms with Crippen molar-refractivity contribution in [3.8, 4) is 0 Å².